The average Bonchev–Trinajstić information content (AvgIpc) is 2.30. The van der Waals surface area contributed by atoms with Gasteiger partial charge in [-0.1, -0.05) is 30.3 Å². The largest absolute Gasteiger partial charge is 0.298 e. The second-order valence-corrected chi connectivity index (χ2v) is 4.74. The summed E-state index contributed by atoms with van der Waals surface area (Å²) in [5.74, 6) is 0.0270. The van der Waals surface area contributed by atoms with Crippen molar-refractivity contribution in [1.82, 2.24) is 4.90 Å². The van der Waals surface area contributed by atoms with Crippen LogP contribution in [0, 0.1) is 5.92 Å². The predicted molar refractivity (Wildman–Crippen MR) is 65.3 cm³/mol. The Morgan fingerprint density at radius 2 is 2.12 bits per heavy atom. The number of carbonyl (C=O) groups is 1. The van der Waals surface area contributed by atoms with E-state index < -0.39 is 0 Å². The molecule has 86 valence electrons. The van der Waals surface area contributed by atoms with Crippen LogP contribution in [0.1, 0.15) is 18.4 Å². The summed E-state index contributed by atoms with van der Waals surface area (Å²) in [5, 5.41) is -0.183. The first-order valence-corrected chi connectivity index (χ1v) is 6.09. The molecule has 1 atom stereocenters. The van der Waals surface area contributed by atoms with Crippen molar-refractivity contribution in [2.24, 2.45) is 5.92 Å². The van der Waals surface area contributed by atoms with Crippen molar-refractivity contribution in [2.45, 2.75) is 19.4 Å². The molecule has 2 nitrogen and oxygen atoms in total. The normalized spacial score (nSPS) is 21.9. The van der Waals surface area contributed by atoms with Gasteiger partial charge in [0.1, 0.15) is 0 Å². The highest BCUT2D eigenvalue weighted by molar-refractivity contribution is 6.64. The lowest BCUT2D eigenvalue weighted by molar-refractivity contribution is -0.116. The molecule has 2 rings (SSSR count). The molecule has 0 aliphatic carbocycles. The summed E-state index contributed by atoms with van der Waals surface area (Å²) in [6, 6.07) is 10.3. The molecule has 1 aliphatic rings. The molecule has 16 heavy (non-hydrogen) atoms. The number of piperidine rings is 1. The zero-order valence-electron chi connectivity index (χ0n) is 9.23. The molecule has 1 heterocycles. The average molecular weight is 238 g/mol. The van der Waals surface area contributed by atoms with Crippen LogP contribution in [0.15, 0.2) is 30.3 Å². The molecule has 0 aromatic heterocycles. The van der Waals surface area contributed by atoms with Crippen LogP contribution in [0.2, 0.25) is 0 Å². The smallest absolute Gasteiger partial charge is 0.226 e. The zero-order chi connectivity index (χ0) is 11.4. The Morgan fingerprint density at radius 3 is 2.81 bits per heavy atom. The third-order valence-electron chi connectivity index (χ3n) is 3.08. The molecule has 1 fully saturated rings. The topological polar surface area (TPSA) is 20.3 Å². The molecular weight excluding hydrogens is 222 g/mol. The minimum absolute atomic E-state index is 0.0270. The van der Waals surface area contributed by atoms with E-state index in [-0.39, 0.29) is 11.2 Å². The van der Waals surface area contributed by atoms with E-state index in [1.807, 2.05) is 18.2 Å². The predicted octanol–water partition coefficient (Wildman–Crippen LogP) is 2.66. The van der Waals surface area contributed by atoms with Gasteiger partial charge < -0.3 is 0 Å². The van der Waals surface area contributed by atoms with E-state index in [1.54, 1.807) is 0 Å². The molecule has 0 N–H and O–H groups in total. The summed E-state index contributed by atoms with van der Waals surface area (Å²) in [4.78, 5) is 13.4. The van der Waals surface area contributed by atoms with E-state index in [0.717, 1.165) is 32.5 Å². The van der Waals surface area contributed by atoms with E-state index in [1.165, 1.54) is 5.56 Å². The SMILES string of the molecule is O=C(Cl)C1CCCN(Cc2ccccc2)C1. The maximum absolute atomic E-state index is 11.1. The van der Waals surface area contributed by atoms with Gasteiger partial charge in [0.2, 0.25) is 5.24 Å². The van der Waals surface area contributed by atoms with Gasteiger partial charge in [-0.25, -0.2) is 0 Å². The number of halogens is 1. The third kappa shape index (κ3) is 3.06. The number of hydrogen-bond donors (Lipinski definition) is 0. The molecule has 3 heteroatoms. The van der Waals surface area contributed by atoms with Gasteiger partial charge in [-0.05, 0) is 36.6 Å². The Bertz CT molecular complexity index is 352. The van der Waals surface area contributed by atoms with Crippen LogP contribution in [0.5, 0.6) is 0 Å². The van der Waals surface area contributed by atoms with Crippen LogP contribution in [0.25, 0.3) is 0 Å². The van der Waals surface area contributed by atoms with Crippen molar-refractivity contribution in [1.29, 1.82) is 0 Å². The highest BCUT2D eigenvalue weighted by atomic mass is 35.5. The molecule has 1 unspecified atom stereocenters. The van der Waals surface area contributed by atoms with E-state index >= 15 is 0 Å². The van der Waals surface area contributed by atoms with Crippen molar-refractivity contribution >= 4 is 16.8 Å². The van der Waals surface area contributed by atoms with E-state index in [0.29, 0.717) is 0 Å². The number of carbonyl (C=O) groups excluding carboxylic acids is 1. The molecule has 1 aromatic carbocycles. The Balaban J connectivity index is 1.93. The fourth-order valence-corrected chi connectivity index (χ4v) is 2.40. The van der Waals surface area contributed by atoms with Crippen LogP contribution in [0.4, 0.5) is 0 Å². The second-order valence-electron chi connectivity index (χ2n) is 4.36. The quantitative estimate of drug-likeness (QED) is 0.754. The molecule has 0 amide bonds. The third-order valence-corrected chi connectivity index (χ3v) is 3.38. The van der Waals surface area contributed by atoms with Gasteiger partial charge in [0.25, 0.3) is 0 Å². The molecule has 0 saturated carbocycles. The number of likely N-dealkylation sites (tertiary alicyclic amines) is 1. The highest BCUT2D eigenvalue weighted by Crippen LogP contribution is 2.20. The maximum atomic E-state index is 11.1. The lowest BCUT2D eigenvalue weighted by atomic mass is 9.99. The van der Waals surface area contributed by atoms with Crippen molar-refractivity contribution in [2.75, 3.05) is 13.1 Å². The van der Waals surface area contributed by atoms with Crippen LogP contribution < -0.4 is 0 Å². The Morgan fingerprint density at radius 1 is 1.38 bits per heavy atom. The van der Waals surface area contributed by atoms with Gasteiger partial charge in [0.15, 0.2) is 0 Å². The summed E-state index contributed by atoms with van der Waals surface area (Å²) in [7, 11) is 0. The first-order chi connectivity index (χ1) is 7.75. The Labute approximate surface area is 101 Å². The summed E-state index contributed by atoms with van der Waals surface area (Å²) in [5.41, 5.74) is 1.30. The Hall–Kier alpha value is -0.860. The summed E-state index contributed by atoms with van der Waals surface area (Å²) < 4.78 is 0. The van der Waals surface area contributed by atoms with Crippen LogP contribution >= 0.6 is 11.6 Å². The number of rotatable bonds is 3. The molecule has 1 saturated heterocycles. The molecule has 0 spiro atoms. The van der Waals surface area contributed by atoms with E-state index in [2.05, 4.69) is 17.0 Å². The van der Waals surface area contributed by atoms with Gasteiger partial charge in [-0.3, -0.25) is 9.69 Å². The zero-order valence-corrected chi connectivity index (χ0v) is 9.99. The minimum atomic E-state index is -0.183. The van der Waals surface area contributed by atoms with E-state index in [9.17, 15) is 4.79 Å². The van der Waals surface area contributed by atoms with Crippen LogP contribution in [-0.4, -0.2) is 23.2 Å². The van der Waals surface area contributed by atoms with Gasteiger partial charge in [0.05, 0.1) is 0 Å². The molecule has 1 aromatic rings. The fourth-order valence-electron chi connectivity index (χ4n) is 2.23. The van der Waals surface area contributed by atoms with Gasteiger partial charge in [-0.2, -0.15) is 0 Å². The molecule has 1 aliphatic heterocycles. The molecule has 0 bridgehead atoms. The second kappa shape index (κ2) is 5.46. The van der Waals surface area contributed by atoms with Crippen molar-refractivity contribution < 1.29 is 4.79 Å². The van der Waals surface area contributed by atoms with Crippen LogP contribution in [0.3, 0.4) is 0 Å². The Kier molecular flexibility index (Phi) is 3.97. The fraction of sp³-hybridized carbons (Fsp3) is 0.462. The van der Waals surface area contributed by atoms with Crippen molar-refractivity contribution in [3.8, 4) is 0 Å². The minimum Gasteiger partial charge on any atom is -0.298 e. The summed E-state index contributed by atoms with van der Waals surface area (Å²) in [6.07, 6.45) is 2.00. The van der Waals surface area contributed by atoms with Crippen molar-refractivity contribution in [3.05, 3.63) is 35.9 Å². The molecular formula is C13H16ClNO. The summed E-state index contributed by atoms with van der Waals surface area (Å²) >= 11 is 5.56. The van der Waals surface area contributed by atoms with Gasteiger partial charge in [0, 0.05) is 19.0 Å². The van der Waals surface area contributed by atoms with Gasteiger partial charge >= 0.3 is 0 Å². The van der Waals surface area contributed by atoms with Gasteiger partial charge in [-0.15, -0.1) is 0 Å². The first kappa shape index (κ1) is 11.6. The standard InChI is InChI=1S/C13H16ClNO/c14-13(16)12-7-4-8-15(10-12)9-11-5-2-1-3-6-11/h1-3,5-6,12H,4,7-10H2. The van der Waals surface area contributed by atoms with Crippen molar-refractivity contribution in [3.63, 3.8) is 0 Å². The molecule has 0 radical (unpaired) electrons. The maximum Gasteiger partial charge on any atom is 0.226 e. The lowest BCUT2D eigenvalue weighted by Crippen LogP contribution is -2.37. The van der Waals surface area contributed by atoms with E-state index in [4.69, 9.17) is 11.6 Å². The monoisotopic (exact) mass is 237 g/mol. The summed E-state index contributed by atoms with van der Waals surface area (Å²) in [6.45, 7) is 2.79. The number of hydrogen-bond acceptors (Lipinski definition) is 2. The lowest BCUT2D eigenvalue weighted by Gasteiger charge is -2.30. The number of benzene rings is 1. The highest BCUT2D eigenvalue weighted by Gasteiger charge is 2.24. The first-order valence-electron chi connectivity index (χ1n) is 5.71. The number of nitrogens with zero attached hydrogens (tertiary/aromatic N) is 1. The van der Waals surface area contributed by atoms with Crippen LogP contribution in [-0.2, 0) is 11.3 Å².